The van der Waals surface area contributed by atoms with E-state index in [9.17, 15) is 14.0 Å². The summed E-state index contributed by atoms with van der Waals surface area (Å²) in [5, 5.41) is 2.66. The molecular formula is C26H25FN2O2S. The van der Waals surface area contributed by atoms with Crippen LogP contribution in [0.15, 0.2) is 72.8 Å². The van der Waals surface area contributed by atoms with E-state index >= 15 is 0 Å². The molecule has 1 aliphatic heterocycles. The molecule has 0 aromatic heterocycles. The first-order valence-corrected chi connectivity index (χ1v) is 11.5. The van der Waals surface area contributed by atoms with E-state index in [2.05, 4.69) is 26.1 Å². The quantitative estimate of drug-likeness (QED) is 0.520. The summed E-state index contributed by atoms with van der Waals surface area (Å²) in [6, 6.07) is 21.1. The fraction of sp³-hybridized carbons (Fsp3) is 0.231. The molecule has 6 heteroatoms. The number of nitrogens with one attached hydrogen (secondary N) is 1. The van der Waals surface area contributed by atoms with Crippen LogP contribution in [-0.4, -0.2) is 17.6 Å². The van der Waals surface area contributed by atoms with Crippen molar-refractivity contribution in [1.29, 1.82) is 0 Å². The molecule has 1 N–H and O–H groups in total. The van der Waals surface area contributed by atoms with Gasteiger partial charge >= 0.3 is 0 Å². The lowest BCUT2D eigenvalue weighted by Gasteiger charge is -2.24. The minimum absolute atomic E-state index is 0.0211. The lowest BCUT2D eigenvalue weighted by molar-refractivity contribution is -0.115. The zero-order valence-electron chi connectivity index (χ0n) is 18.3. The zero-order chi connectivity index (χ0) is 22.9. The molecule has 1 atom stereocenters. The minimum Gasteiger partial charge on any atom is -0.322 e. The first-order valence-electron chi connectivity index (χ1n) is 10.4. The average Bonchev–Trinajstić information content (AvgIpc) is 3.15. The summed E-state index contributed by atoms with van der Waals surface area (Å²) in [5.74, 6) is -0.332. The fourth-order valence-corrected chi connectivity index (χ4v) is 4.84. The monoisotopic (exact) mass is 448 g/mol. The molecule has 0 aliphatic carbocycles. The fourth-order valence-electron chi connectivity index (χ4n) is 3.67. The lowest BCUT2D eigenvalue weighted by atomic mass is 9.87. The summed E-state index contributed by atoms with van der Waals surface area (Å²) in [5.41, 5.74) is 3.80. The van der Waals surface area contributed by atoms with Crippen LogP contribution in [0, 0.1) is 5.82 Å². The summed E-state index contributed by atoms with van der Waals surface area (Å²) >= 11 is 1.48. The largest absolute Gasteiger partial charge is 0.322 e. The second kappa shape index (κ2) is 8.79. The van der Waals surface area contributed by atoms with E-state index in [0.717, 1.165) is 11.1 Å². The standard InChI is InChI=1S/C26H25FN2O2S/c1-26(2,3)19-12-10-17(11-13-19)24(31)28-21-8-4-6-18(14-21)25-29(23(30)16-32-25)22-9-5-7-20(27)15-22/h4-15,25H,16H2,1-3H3,(H,28,31). The van der Waals surface area contributed by atoms with Gasteiger partial charge in [-0.15, -0.1) is 11.8 Å². The number of rotatable bonds is 4. The number of anilines is 2. The first-order chi connectivity index (χ1) is 15.2. The van der Waals surface area contributed by atoms with Gasteiger partial charge in [0.2, 0.25) is 5.91 Å². The van der Waals surface area contributed by atoms with Crippen LogP contribution in [0.25, 0.3) is 0 Å². The van der Waals surface area contributed by atoms with E-state index in [1.54, 1.807) is 17.0 Å². The van der Waals surface area contributed by atoms with Gasteiger partial charge in [-0.05, 0) is 59.0 Å². The third kappa shape index (κ3) is 4.70. The molecule has 1 saturated heterocycles. The van der Waals surface area contributed by atoms with Crippen molar-refractivity contribution in [1.82, 2.24) is 0 Å². The molecule has 3 aromatic carbocycles. The van der Waals surface area contributed by atoms with Crippen molar-refractivity contribution < 1.29 is 14.0 Å². The summed E-state index contributed by atoms with van der Waals surface area (Å²) in [6.07, 6.45) is 0. The molecule has 0 bridgehead atoms. The highest BCUT2D eigenvalue weighted by Gasteiger charge is 2.34. The van der Waals surface area contributed by atoms with Gasteiger partial charge in [0.25, 0.3) is 5.91 Å². The number of hydrogen-bond acceptors (Lipinski definition) is 3. The van der Waals surface area contributed by atoms with E-state index in [1.165, 1.54) is 23.9 Å². The van der Waals surface area contributed by atoms with Crippen molar-refractivity contribution in [3.05, 3.63) is 95.3 Å². The third-order valence-corrected chi connectivity index (χ3v) is 6.61. The number of carbonyl (C=O) groups is 2. The molecule has 4 rings (SSSR count). The van der Waals surface area contributed by atoms with Crippen LogP contribution in [0.4, 0.5) is 15.8 Å². The Labute approximate surface area is 191 Å². The van der Waals surface area contributed by atoms with Crippen LogP contribution < -0.4 is 10.2 Å². The smallest absolute Gasteiger partial charge is 0.255 e. The number of carbonyl (C=O) groups excluding carboxylic acids is 2. The van der Waals surface area contributed by atoms with E-state index in [4.69, 9.17) is 0 Å². The molecule has 1 unspecified atom stereocenters. The number of halogens is 1. The van der Waals surface area contributed by atoms with Crippen LogP contribution in [-0.2, 0) is 10.2 Å². The maximum absolute atomic E-state index is 13.7. The van der Waals surface area contributed by atoms with Crippen LogP contribution >= 0.6 is 11.8 Å². The van der Waals surface area contributed by atoms with Crippen molar-refractivity contribution in [3.8, 4) is 0 Å². The van der Waals surface area contributed by atoms with Crippen LogP contribution in [0.1, 0.15) is 47.6 Å². The molecule has 1 fully saturated rings. The molecule has 164 valence electrons. The van der Waals surface area contributed by atoms with Crippen LogP contribution in [0.3, 0.4) is 0 Å². The molecular weight excluding hydrogens is 423 g/mol. The Morgan fingerprint density at radius 3 is 2.44 bits per heavy atom. The number of amides is 2. The van der Waals surface area contributed by atoms with E-state index in [-0.39, 0.29) is 28.4 Å². The molecule has 4 nitrogen and oxygen atoms in total. The minimum atomic E-state index is -0.385. The molecule has 1 heterocycles. The van der Waals surface area contributed by atoms with Gasteiger partial charge in [-0.1, -0.05) is 51.1 Å². The van der Waals surface area contributed by atoms with E-state index in [1.807, 2.05) is 48.5 Å². The maximum Gasteiger partial charge on any atom is 0.255 e. The highest BCUT2D eigenvalue weighted by molar-refractivity contribution is 8.00. The number of nitrogens with zero attached hydrogens (tertiary/aromatic N) is 1. The van der Waals surface area contributed by atoms with Gasteiger partial charge in [0, 0.05) is 16.9 Å². The van der Waals surface area contributed by atoms with Gasteiger partial charge in [-0.25, -0.2) is 4.39 Å². The summed E-state index contributed by atoms with van der Waals surface area (Å²) < 4.78 is 13.7. The predicted octanol–water partition coefficient (Wildman–Crippen LogP) is 6.15. The second-order valence-corrected chi connectivity index (χ2v) is 9.88. The van der Waals surface area contributed by atoms with Crippen molar-refractivity contribution in [2.45, 2.75) is 31.6 Å². The Morgan fingerprint density at radius 1 is 1.03 bits per heavy atom. The summed E-state index contributed by atoms with van der Waals surface area (Å²) in [6.45, 7) is 6.39. The SMILES string of the molecule is CC(C)(C)c1ccc(C(=O)Nc2cccc(C3SCC(=O)N3c3cccc(F)c3)c2)cc1. The van der Waals surface area contributed by atoms with Crippen LogP contribution in [0.2, 0.25) is 0 Å². The van der Waals surface area contributed by atoms with Crippen molar-refractivity contribution >= 4 is 35.0 Å². The van der Waals surface area contributed by atoms with Gasteiger partial charge in [-0.2, -0.15) is 0 Å². The van der Waals surface area contributed by atoms with E-state index < -0.39 is 0 Å². The van der Waals surface area contributed by atoms with Gasteiger partial charge in [-0.3, -0.25) is 14.5 Å². The van der Waals surface area contributed by atoms with Gasteiger partial charge in [0.1, 0.15) is 11.2 Å². The topological polar surface area (TPSA) is 49.4 Å². The van der Waals surface area contributed by atoms with E-state index in [0.29, 0.717) is 22.7 Å². The molecule has 0 radical (unpaired) electrons. The molecule has 1 aliphatic rings. The average molecular weight is 449 g/mol. The molecule has 0 spiro atoms. The molecule has 2 amide bonds. The number of benzene rings is 3. The van der Waals surface area contributed by atoms with Crippen molar-refractivity contribution in [2.75, 3.05) is 16.0 Å². The second-order valence-electron chi connectivity index (χ2n) is 8.81. The molecule has 0 saturated carbocycles. The zero-order valence-corrected chi connectivity index (χ0v) is 19.1. The molecule has 32 heavy (non-hydrogen) atoms. The number of thioether (sulfide) groups is 1. The highest BCUT2D eigenvalue weighted by atomic mass is 32.2. The summed E-state index contributed by atoms with van der Waals surface area (Å²) in [4.78, 5) is 26.9. The maximum atomic E-state index is 13.7. The van der Waals surface area contributed by atoms with Crippen LogP contribution in [0.5, 0.6) is 0 Å². The third-order valence-electron chi connectivity index (χ3n) is 5.40. The Balaban J connectivity index is 1.54. The van der Waals surface area contributed by atoms with Crippen molar-refractivity contribution in [2.24, 2.45) is 0 Å². The lowest BCUT2D eigenvalue weighted by Crippen LogP contribution is -2.27. The first kappa shape index (κ1) is 22.1. The predicted molar refractivity (Wildman–Crippen MR) is 129 cm³/mol. The van der Waals surface area contributed by atoms with Crippen molar-refractivity contribution in [3.63, 3.8) is 0 Å². The number of hydrogen-bond donors (Lipinski definition) is 1. The highest BCUT2D eigenvalue weighted by Crippen LogP contribution is 2.42. The van der Waals surface area contributed by atoms with Gasteiger partial charge < -0.3 is 5.32 Å². The normalized spacial score (nSPS) is 16.3. The Bertz CT molecular complexity index is 1150. The Morgan fingerprint density at radius 2 is 1.75 bits per heavy atom. The Hall–Kier alpha value is -3.12. The molecule has 3 aromatic rings. The van der Waals surface area contributed by atoms with Gasteiger partial charge in [0.05, 0.1) is 5.75 Å². The van der Waals surface area contributed by atoms with Gasteiger partial charge in [0.15, 0.2) is 0 Å². The Kier molecular flexibility index (Phi) is 6.07. The summed E-state index contributed by atoms with van der Waals surface area (Å²) in [7, 11) is 0.